The molecule has 0 radical (unpaired) electrons. The van der Waals surface area contributed by atoms with E-state index in [4.69, 9.17) is 27.6 Å². The molecule has 0 aliphatic rings. The molecule has 0 N–H and O–H groups in total. The van der Waals surface area contributed by atoms with Crippen LogP contribution in [-0.2, 0) is 6.42 Å². The van der Waals surface area contributed by atoms with Gasteiger partial charge in [0, 0.05) is 17.0 Å². The Hall–Kier alpha value is -1.25. The number of hydrogen-bond donors (Lipinski definition) is 0. The number of hydrogen-bond acceptors (Lipinski definition) is 2. The number of furan rings is 1. The lowest BCUT2D eigenvalue weighted by Crippen LogP contribution is -2.00. The Morgan fingerprint density at radius 1 is 1.24 bits per heavy atom. The SMILES string of the molecule is CCc1ccc(C(=O)c2ccc(Cl)cc2Cl)o1. The maximum Gasteiger partial charge on any atom is 0.229 e. The maximum atomic E-state index is 12.1. The molecule has 2 aromatic rings. The van der Waals surface area contributed by atoms with Crippen LogP contribution in [0.5, 0.6) is 0 Å². The summed E-state index contributed by atoms with van der Waals surface area (Å²) in [4.78, 5) is 12.1. The molecule has 0 amide bonds. The van der Waals surface area contributed by atoms with Crippen molar-refractivity contribution in [2.45, 2.75) is 13.3 Å². The molecule has 0 aliphatic heterocycles. The largest absolute Gasteiger partial charge is 0.458 e. The van der Waals surface area contributed by atoms with Crippen LogP contribution < -0.4 is 0 Å². The Kier molecular flexibility index (Phi) is 3.55. The van der Waals surface area contributed by atoms with Gasteiger partial charge in [-0.3, -0.25) is 4.79 Å². The summed E-state index contributed by atoms with van der Waals surface area (Å²) < 4.78 is 5.39. The van der Waals surface area contributed by atoms with Crippen molar-refractivity contribution in [1.29, 1.82) is 0 Å². The molecule has 0 spiro atoms. The first-order valence-electron chi connectivity index (χ1n) is 5.20. The number of ketones is 1. The molecule has 0 saturated heterocycles. The van der Waals surface area contributed by atoms with Gasteiger partial charge in [0.05, 0.1) is 5.02 Å². The average Bonchev–Trinajstić information content (AvgIpc) is 2.76. The first kappa shape index (κ1) is 12.2. The van der Waals surface area contributed by atoms with E-state index in [9.17, 15) is 4.79 Å². The fourth-order valence-corrected chi connectivity index (χ4v) is 1.99. The van der Waals surface area contributed by atoms with Gasteiger partial charge in [-0.15, -0.1) is 0 Å². The predicted octanol–water partition coefficient (Wildman–Crippen LogP) is 4.38. The van der Waals surface area contributed by atoms with E-state index in [1.807, 2.05) is 6.92 Å². The van der Waals surface area contributed by atoms with Crippen molar-refractivity contribution in [2.24, 2.45) is 0 Å². The van der Waals surface area contributed by atoms with Crippen molar-refractivity contribution in [3.63, 3.8) is 0 Å². The summed E-state index contributed by atoms with van der Waals surface area (Å²) in [5, 5.41) is 0.831. The minimum Gasteiger partial charge on any atom is -0.458 e. The van der Waals surface area contributed by atoms with Crippen molar-refractivity contribution in [3.05, 3.63) is 57.5 Å². The summed E-state index contributed by atoms with van der Waals surface area (Å²) in [7, 11) is 0. The highest BCUT2D eigenvalue weighted by Gasteiger charge is 2.16. The molecule has 0 aliphatic carbocycles. The van der Waals surface area contributed by atoms with E-state index in [-0.39, 0.29) is 5.78 Å². The summed E-state index contributed by atoms with van der Waals surface area (Å²) in [6.45, 7) is 1.96. The summed E-state index contributed by atoms with van der Waals surface area (Å²) in [5.74, 6) is 0.843. The molecule has 1 aromatic heterocycles. The second-order valence-electron chi connectivity index (χ2n) is 3.57. The fraction of sp³-hybridized carbons (Fsp3) is 0.154. The van der Waals surface area contributed by atoms with Crippen molar-refractivity contribution >= 4 is 29.0 Å². The zero-order valence-corrected chi connectivity index (χ0v) is 10.7. The predicted molar refractivity (Wildman–Crippen MR) is 68.0 cm³/mol. The minimum absolute atomic E-state index is 0.230. The Morgan fingerprint density at radius 3 is 2.59 bits per heavy atom. The van der Waals surface area contributed by atoms with Gasteiger partial charge in [0.25, 0.3) is 0 Å². The van der Waals surface area contributed by atoms with E-state index < -0.39 is 0 Å². The van der Waals surface area contributed by atoms with Gasteiger partial charge in [-0.1, -0.05) is 30.1 Å². The number of carbonyl (C=O) groups is 1. The third kappa shape index (κ3) is 2.54. The van der Waals surface area contributed by atoms with Crippen LogP contribution in [0.15, 0.2) is 34.7 Å². The van der Waals surface area contributed by atoms with Crippen LogP contribution in [0.4, 0.5) is 0 Å². The van der Waals surface area contributed by atoms with E-state index in [2.05, 4.69) is 0 Å². The molecule has 2 rings (SSSR count). The minimum atomic E-state index is -0.230. The second kappa shape index (κ2) is 4.94. The second-order valence-corrected chi connectivity index (χ2v) is 4.42. The van der Waals surface area contributed by atoms with Crippen LogP contribution in [-0.4, -0.2) is 5.78 Å². The highest BCUT2D eigenvalue weighted by molar-refractivity contribution is 6.37. The van der Waals surface area contributed by atoms with Gasteiger partial charge in [-0.2, -0.15) is 0 Å². The quantitative estimate of drug-likeness (QED) is 0.774. The zero-order valence-electron chi connectivity index (χ0n) is 9.17. The first-order chi connectivity index (χ1) is 8.11. The fourth-order valence-electron chi connectivity index (χ4n) is 1.50. The van der Waals surface area contributed by atoms with Crippen LogP contribution in [0.3, 0.4) is 0 Å². The average molecular weight is 269 g/mol. The van der Waals surface area contributed by atoms with Gasteiger partial charge >= 0.3 is 0 Å². The molecular weight excluding hydrogens is 259 g/mol. The molecule has 0 fully saturated rings. The number of aryl methyl sites for hydroxylation is 1. The first-order valence-corrected chi connectivity index (χ1v) is 5.96. The van der Waals surface area contributed by atoms with Crippen molar-refractivity contribution in [3.8, 4) is 0 Å². The third-order valence-electron chi connectivity index (χ3n) is 2.41. The van der Waals surface area contributed by atoms with Gasteiger partial charge in [0.15, 0.2) is 5.76 Å². The Labute approximate surface area is 109 Å². The number of carbonyl (C=O) groups excluding carboxylic acids is 1. The number of halogens is 2. The summed E-state index contributed by atoms with van der Waals surface area (Å²) >= 11 is 11.7. The topological polar surface area (TPSA) is 30.2 Å². The third-order valence-corrected chi connectivity index (χ3v) is 2.96. The molecule has 0 saturated carbocycles. The lowest BCUT2D eigenvalue weighted by atomic mass is 10.1. The molecule has 17 heavy (non-hydrogen) atoms. The highest BCUT2D eigenvalue weighted by Crippen LogP contribution is 2.24. The van der Waals surface area contributed by atoms with Gasteiger partial charge in [0.1, 0.15) is 5.76 Å². The summed E-state index contributed by atoms with van der Waals surface area (Å²) in [6.07, 6.45) is 0.752. The van der Waals surface area contributed by atoms with Crippen LogP contribution in [0, 0.1) is 0 Å². The lowest BCUT2D eigenvalue weighted by molar-refractivity contribution is 0.101. The summed E-state index contributed by atoms with van der Waals surface area (Å²) in [6, 6.07) is 8.22. The lowest BCUT2D eigenvalue weighted by Gasteiger charge is -2.01. The Bertz CT molecular complexity index is 558. The van der Waals surface area contributed by atoms with Gasteiger partial charge < -0.3 is 4.42 Å². The molecule has 0 atom stereocenters. The normalized spacial score (nSPS) is 10.5. The summed E-state index contributed by atoms with van der Waals surface area (Å²) in [5.41, 5.74) is 0.396. The molecule has 0 bridgehead atoms. The smallest absolute Gasteiger partial charge is 0.229 e. The van der Waals surface area contributed by atoms with Gasteiger partial charge in [-0.25, -0.2) is 0 Å². The molecule has 1 aromatic carbocycles. The molecule has 1 heterocycles. The Balaban J connectivity index is 2.36. The standard InChI is InChI=1S/C13H10Cl2O2/c1-2-9-4-6-12(17-9)13(16)10-5-3-8(14)7-11(10)15/h3-7H,2H2,1H3. The highest BCUT2D eigenvalue weighted by atomic mass is 35.5. The molecular formula is C13H10Cl2O2. The van der Waals surface area contributed by atoms with E-state index in [1.165, 1.54) is 0 Å². The van der Waals surface area contributed by atoms with Gasteiger partial charge in [-0.05, 0) is 30.3 Å². The van der Waals surface area contributed by atoms with Crippen molar-refractivity contribution in [1.82, 2.24) is 0 Å². The number of benzene rings is 1. The van der Waals surface area contributed by atoms with Crippen LogP contribution >= 0.6 is 23.2 Å². The van der Waals surface area contributed by atoms with Crippen LogP contribution in [0.25, 0.3) is 0 Å². The van der Waals surface area contributed by atoms with Crippen molar-refractivity contribution in [2.75, 3.05) is 0 Å². The number of rotatable bonds is 3. The van der Waals surface area contributed by atoms with Crippen LogP contribution in [0.2, 0.25) is 10.0 Å². The zero-order chi connectivity index (χ0) is 12.4. The van der Waals surface area contributed by atoms with Gasteiger partial charge in [0.2, 0.25) is 5.78 Å². The van der Waals surface area contributed by atoms with E-state index in [1.54, 1.807) is 30.3 Å². The monoisotopic (exact) mass is 268 g/mol. The maximum absolute atomic E-state index is 12.1. The van der Waals surface area contributed by atoms with Crippen LogP contribution in [0.1, 0.15) is 28.8 Å². The Morgan fingerprint density at radius 2 is 2.00 bits per heavy atom. The van der Waals surface area contributed by atoms with E-state index in [0.717, 1.165) is 12.2 Å². The van der Waals surface area contributed by atoms with E-state index >= 15 is 0 Å². The molecule has 0 unspecified atom stereocenters. The molecule has 88 valence electrons. The molecule has 2 nitrogen and oxygen atoms in total. The molecule has 4 heteroatoms. The van der Waals surface area contributed by atoms with E-state index in [0.29, 0.717) is 21.4 Å². The van der Waals surface area contributed by atoms with Crippen molar-refractivity contribution < 1.29 is 9.21 Å².